The first-order valence-corrected chi connectivity index (χ1v) is 6.20. The standard InChI is InChI=1S/C14H14N4O/c15-7-10-3-4-13(6-12(10)8-16)18-14(19)11-2-1-5-17-9-11/h3-4,6,11,17H,1-2,5,9H2,(H,18,19)/t11-/m0/s1. The third kappa shape index (κ3) is 3.09. The molecule has 1 aromatic rings. The van der Waals surface area contributed by atoms with Gasteiger partial charge in [0.15, 0.2) is 0 Å². The van der Waals surface area contributed by atoms with Gasteiger partial charge in [-0.05, 0) is 37.6 Å². The number of piperidine rings is 1. The Balaban J connectivity index is 2.09. The zero-order valence-corrected chi connectivity index (χ0v) is 10.4. The van der Waals surface area contributed by atoms with Gasteiger partial charge >= 0.3 is 0 Å². The number of nitriles is 2. The van der Waals surface area contributed by atoms with Gasteiger partial charge in [-0.3, -0.25) is 4.79 Å². The number of hydrogen-bond acceptors (Lipinski definition) is 4. The summed E-state index contributed by atoms with van der Waals surface area (Å²) < 4.78 is 0. The molecule has 0 unspecified atom stereocenters. The van der Waals surface area contributed by atoms with Crippen LogP contribution in [-0.2, 0) is 4.79 Å². The van der Waals surface area contributed by atoms with Crippen molar-refractivity contribution in [2.75, 3.05) is 18.4 Å². The summed E-state index contributed by atoms with van der Waals surface area (Å²) >= 11 is 0. The highest BCUT2D eigenvalue weighted by Crippen LogP contribution is 2.17. The lowest BCUT2D eigenvalue weighted by Gasteiger charge is -2.21. The van der Waals surface area contributed by atoms with Crippen molar-refractivity contribution >= 4 is 11.6 Å². The van der Waals surface area contributed by atoms with Gasteiger partial charge in [0.05, 0.1) is 17.0 Å². The topological polar surface area (TPSA) is 88.7 Å². The average Bonchev–Trinajstić information content (AvgIpc) is 2.48. The average molecular weight is 254 g/mol. The van der Waals surface area contributed by atoms with E-state index in [1.807, 2.05) is 12.1 Å². The first-order chi connectivity index (χ1) is 9.24. The molecule has 0 bridgehead atoms. The van der Waals surface area contributed by atoms with Gasteiger partial charge in [-0.1, -0.05) is 0 Å². The van der Waals surface area contributed by atoms with Crippen LogP contribution in [0, 0.1) is 28.6 Å². The maximum absolute atomic E-state index is 12.0. The molecule has 5 heteroatoms. The largest absolute Gasteiger partial charge is 0.326 e. The molecular formula is C14H14N4O. The Morgan fingerprint density at radius 3 is 2.74 bits per heavy atom. The van der Waals surface area contributed by atoms with Crippen molar-refractivity contribution in [1.82, 2.24) is 5.32 Å². The summed E-state index contributed by atoms with van der Waals surface area (Å²) in [6.07, 6.45) is 1.87. The summed E-state index contributed by atoms with van der Waals surface area (Å²) in [5.74, 6) is -0.0734. The molecule has 1 aliphatic heterocycles. The van der Waals surface area contributed by atoms with Crippen molar-refractivity contribution in [2.45, 2.75) is 12.8 Å². The molecular weight excluding hydrogens is 240 g/mol. The number of benzene rings is 1. The fourth-order valence-electron chi connectivity index (χ4n) is 2.13. The molecule has 1 aliphatic rings. The second-order valence-corrected chi connectivity index (χ2v) is 4.52. The van der Waals surface area contributed by atoms with Crippen LogP contribution in [-0.4, -0.2) is 19.0 Å². The molecule has 0 saturated carbocycles. The van der Waals surface area contributed by atoms with Gasteiger partial charge in [-0.2, -0.15) is 10.5 Å². The highest BCUT2D eigenvalue weighted by Gasteiger charge is 2.20. The summed E-state index contributed by atoms with van der Waals surface area (Å²) in [6, 6.07) is 8.63. The van der Waals surface area contributed by atoms with Gasteiger partial charge in [-0.15, -0.1) is 0 Å². The Morgan fingerprint density at radius 1 is 1.32 bits per heavy atom. The number of amides is 1. The number of carbonyl (C=O) groups excluding carboxylic acids is 1. The number of hydrogen-bond donors (Lipinski definition) is 2. The summed E-state index contributed by atoms with van der Waals surface area (Å²) in [5, 5.41) is 23.7. The lowest BCUT2D eigenvalue weighted by Crippen LogP contribution is -2.37. The molecule has 1 atom stereocenters. The normalized spacial score (nSPS) is 18.1. The third-order valence-electron chi connectivity index (χ3n) is 3.20. The Labute approximate surface area is 111 Å². The van der Waals surface area contributed by atoms with Gasteiger partial charge in [0.2, 0.25) is 5.91 Å². The van der Waals surface area contributed by atoms with Crippen molar-refractivity contribution in [3.05, 3.63) is 29.3 Å². The molecule has 1 heterocycles. The number of nitrogens with zero attached hydrogens (tertiary/aromatic N) is 2. The lowest BCUT2D eigenvalue weighted by molar-refractivity contribution is -0.120. The Kier molecular flexibility index (Phi) is 4.12. The predicted octanol–water partition coefficient (Wildman–Crippen LogP) is 1.37. The van der Waals surface area contributed by atoms with E-state index >= 15 is 0 Å². The molecule has 0 radical (unpaired) electrons. The first kappa shape index (κ1) is 13.1. The molecule has 1 aromatic carbocycles. The fraction of sp³-hybridized carbons (Fsp3) is 0.357. The smallest absolute Gasteiger partial charge is 0.228 e. The van der Waals surface area contributed by atoms with Gasteiger partial charge in [0.1, 0.15) is 12.1 Å². The van der Waals surface area contributed by atoms with Crippen LogP contribution >= 0.6 is 0 Å². The van der Waals surface area contributed by atoms with Crippen LogP contribution in [0.4, 0.5) is 5.69 Å². The zero-order valence-electron chi connectivity index (χ0n) is 10.4. The van der Waals surface area contributed by atoms with Crippen molar-refractivity contribution in [1.29, 1.82) is 10.5 Å². The Hall–Kier alpha value is -2.37. The molecule has 1 saturated heterocycles. The molecule has 0 spiro atoms. The van der Waals surface area contributed by atoms with E-state index in [-0.39, 0.29) is 17.4 Å². The van der Waals surface area contributed by atoms with Gasteiger partial charge in [0, 0.05) is 12.2 Å². The van der Waals surface area contributed by atoms with Crippen molar-refractivity contribution in [2.24, 2.45) is 5.92 Å². The van der Waals surface area contributed by atoms with Crippen LogP contribution in [0.3, 0.4) is 0 Å². The first-order valence-electron chi connectivity index (χ1n) is 6.20. The SMILES string of the molecule is N#Cc1ccc(NC(=O)[C@H]2CCCNC2)cc1C#N. The number of carbonyl (C=O) groups is 1. The van der Waals surface area contributed by atoms with Crippen LogP contribution in [0.15, 0.2) is 18.2 Å². The van der Waals surface area contributed by atoms with Gasteiger partial charge in [0.25, 0.3) is 0 Å². The number of anilines is 1. The highest BCUT2D eigenvalue weighted by atomic mass is 16.1. The van der Waals surface area contributed by atoms with E-state index in [1.165, 1.54) is 6.07 Å². The monoisotopic (exact) mass is 254 g/mol. The van der Waals surface area contributed by atoms with Crippen LogP contribution < -0.4 is 10.6 Å². The molecule has 1 amide bonds. The van der Waals surface area contributed by atoms with E-state index in [0.717, 1.165) is 19.4 Å². The fourth-order valence-corrected chi connectivity index (χ4v) is 2.13. The molecule has 0 aliphatic carbocycles. The lowest BCUT2D eigenvalue weighted by atomic mass is 9.98. The zero-order chi connectivity index (χ0) is 13.7. The van der Waals surface area contributed by atoms with Gasteiger partial charge in [-0.25, -0.2) is 0 Å². The maximum Gasteiger partial charge on any atom is 0.228 e. The van der Waals surface area contributed by atoms with Crippen LogP contribution in [0.1, 0.15) is 24.0 Å². The van der Waals surface area contributed by atoms with Crippen molar-refractivity contribution < 1.29 is 4.79 Å². The van der Waals surface area contributed by atoms with Crippen molar-refractivity contribution in [3.8, 4) is 12.1 Å². The quantitative estimate of drug-likeness (QED) is 0.834. The van der Waals surface area contributed by atoms with Crippen LogP contribution in [0.5, 0.6) is 0 Å². The summed E-state index contributed by atoms with van der Waals surface area (Å²) in [7, 11) is 0. The molecule has 2 rings (SSSR count). The molecule has 5 nitrogen and oxygen atoms in total. The van der Waals surface area contributed by atoms with E-state index < -0.39 is 0 Å². The second-order valence-electron chi connectivity index (χ2n) is 4.52. The maximum atomic E-state index is 12.0. The molecule has 96 valence electrons. The minimum Gasteiger partial charge on any atom is -0.326 e. The van der Waals surface area contributed by atoms with Gasteiger partial charge < -0.3 is 10.6 Å². The summed E-state index contributed by atoms with van der Waals surface area (Å²) in [6.45, 7) is 1.65. The minimum absolute atomic E-state index is 0.0325. The number of nitrogens with one attached hydrogen (secondary N) is 2. The minimum atomic E-state index is -0.0409. The van der Waals surface area contributed by atoms with Crippen LogP contribution in [0.25, 0.3) is 0 Å². The number of rotatable bonds is 2. The van der Waals surface area contributed by atoms with E-state index in [4.69, 9.17) is 10.5 Å². The Bertz CT molecular complexity index is 562. The highest BCUT2D eigenvalue weighted by molar-refractivity contribution is 5.93. The van der Waals surface area contributed by atoms with Crippen LogP contribution in [0.2, 0.25) is 0 Å². The molecule has 0 aromatic heterocycles. The Morgan fingerprint density at radius 2 is 2.11 bits per heavy atom. The molecule has 19 heavy (non-hydrogen) atoms. The van der Waals surface area contributed by atoms with E-state index in [9.17, 15) is 4.79 Å². The van der Waals surface area contributed by atoms with Crippen molar-refractivity contribution in [3.63, 3.8) is 0 Å². The van der Waals surface area contributed by atoms with E-state index in [1.54, 1.807) is 12.1 Å². The molecule has 2 N–H and O–H groups in total. The summed E-state index contributed by atoms with van der Waals surface area (Å²) in [4.78, 5) is 12.0. The second kappa shape index (κ2) is 5.99. The summed E-state index contributed by atoms with van der Waals surface area (Å²) in [5.41, 5.74) is 1.16. The predicted molar refractivity (Wildman–Crippen MR) is 70.1 cm³/mol. The molecule has 1 fully saturated rings. The van der Waals surface area contributed by atoms with E-state index in [2.05, 4.69) is 10.6 Å². The van der Waals surface area contributed by atoms with E-state index in [0.29, 0.717) is 17.8 Å². The third-order valence-corrected chi connectivity index (χ3v) is 3.20.